The second-order valence-corrected chi connectivity index (χ2v) is 8.81. The third kappa shape index (κ3) is 6.22. The molecule has 0 saturated carbocycles. The standard InChI is InChI=1S/C27H24FNO5S/c1-18-3-10-22(11-4-18)33-14-13-29-26(30)25(35-27(29)31)16-20-7-12-23(32-2)24(15-20)34-17-19-5-8-21(28)9-6-19/h3-12,15-16H,13-14,17H2,1-2H3/b25-16-. The van der Waals surface area contributed by atoms with Crippen LogP contribution in [0.1, 0.15) is 16.7 Å². The number of aryl methyl sites for hydroxylation is 1. The molecule has 6 nitrogen and oxygen atoms in total. The second kappa shape index (κ2) is 11.1. The minimum atomic E-state index is -0.364. The van der Waals surface area contributed by atoms with E-state index in [4.69, 9.17) is 14.2 Å². The van der Waals surface area contributed by atoms with Gasteiger partial charge in [0.2, 0.25) is 0 Å². The number of benzene rings is 3. The summed E-state index contributed by atoms with van der Waals surface area (Å²) in [6.07, 6.45) is 1.65. The fraction of sp³-hybridized carbons (Fsp3) is 0.185. The molecule has 0 spiro atoms. The zero-order valence-corrected chi connectivity index (χ0v) is 20.1. The van der Waals surface area contributed by atoms with Crippen LogP contribution in [0.3, 0.4) is 0 Å². The number of rotatable bonds is 9. The Morgan fingerprint density at radius 1 is 0.943 bits per heavy atom. The number of hydrogen-bond acceptors (Lipinski definition) is 6. The number of halogens is 1. The van der Waals surface area contributed by atoms with Crippen molar-refractivity contribution < 1.29 is 28.2 Å². The van der Waals surface area contributed by atoms with Gasteiger partial charge in [-0.25, -0.2) is 4.39 Å². The highest BCUT2D eigenvalue weighted by Crippen LogP contribution is 2.34. The van der Waals surface area contributed by atoms with Gasteiger partial charge in [0.1, 0.15) is 24.8 Å². The van der Waals surface area contributed by atoms with Gasteiger partial charge in [-0.05, 0) is 72.3 Å². The molecule has 0 aromatic heterocycles. The maximum Gasteiger partial charge on any atom is 0.293 e. The number of nitrogens with zero attached hydrogens (tertiary/aromatic N) is 1. The number of carbonyl (C=O) groups is 2. The molecule has 0 bridgehead atoms. The Hall–Kier alpha value is -3.78. The van der Waals surface area contributed by atoms with Gasteiger partial charge >= 0.3 is 0 Å². The molecule has 0 N–H and O–H groups in total. The number of amides is 2. The highest BCUT2D eigenvalue weighted by molar-refractivity contribution is 8.18. The lowest BCUT2D eigenvalue weighted by molar-refractivity contribution is -0.123. The van der Waals surface area contributed by atoms with Crippen molar-refractivity contribution >= 4 is 29.0 Å². The number of carbonyl (C=O) groups excluding carboxylic acids is 2. The molecule has 8 heteroatoms. The molecule has 0 atom stereocenters. The Morgan fingerprint density at radius 2 is 1.69 bits per heavy atom. The summed E-state index contributed by atoms with van der Waals surface area (Å²) in [5, 5.41) is -0.338. The van der Waals surface area contributed by atoms with Crippen molar-refractivity contribution in [1.82, 2.24) is 4.90 Å². The lowest BCUT2D eigenvalue weighted by Gasteiger charge is -2.13. The van der Waals surface area contributed by atoms with Crippen LogP contribution in [0.2, 0.25) is 0 Å². The summed E-state index contributed by atoms with van der Waals surface area (Å²) in [5.41, 5.74) is 2.60. The molecule has 1 fully saturated rings. The van der Waals surface area contributed by atoms with Crippen LogP contribution in [0, 0.1) is 12.7 Å². The second-order valence-electron chi connectivity index (χ2n) is 7.82. The van der Waals surface area contributed by atoms with Gasteiger partial charge in [0, 0.05) is 0 Å². The minimum Gasteiger partial charge on any atom is -0.493 e. The smallest absolute Gasteiger partial charge is 0.293 e. The first-order valence-corrected chi connectivity index (χ1v) is 11.7. The van der Waals surface area contributed by atoms with Crippen molar-refractivity contribution in [2.75, 3.05) is 20.3 Å². The zero-order valence-electron chi connectivity index (χ0n) is 19.3. The molecule has 35 heavy (non-hydrogen) atoms. The van der Waals surface area contributed by atoms with Crippen LogP contribution in [0.25, 0.3) is 6.08 Å². The maximum atomic E-state index is 13.1. The van der Waals surface area contributed by atoms with Crippen LogP contribution in [0.15, 0.2) is 71.6 Å². The molecule has 3 aromatic rings. The summed E-state index contributed by atoms with van der Waals surface area (Å²) in [7, 11) is 1.53. The van der Waals surface area contributed by atoms with Crippen LogP contribution >= 0.6 is 11.8 Å². The molecule has 4 rings (SSSR count). The Morgan fingerprint density at radius 3 is 2.40 bits per heavy atom. The first-order chi connectivity index (χ1) is 16.9. The molecule has 1 heterocycles. The predicted octanol–water partition coefficient (Wildman–Crippen LogP) is 5.84. The highest BCUT2D eigenvalue weighted by atomic mass is 32.2. The Labute approximate surface area is 207 Å². The number of thioether (sulfide) groups is 1. The molecule has 1 aliphatic rings. The van der Waals surface area contributed by atoms with E-state index in [9.17, 15) is 14.0 Å². The Kier molecular flexibility index (Phi) is 7.72. The van der Waals surface area contributed by atoms with Gasteiger partial charge in [-0.3, -0.25) is 14.5 Å². The lowest BCUT2D eigenvalue weighted by Crippen LogP contribution is -2.32. The topological polar surface area (TPSA) is 65.1 Å². The molecule has 0 aliphatic carbocycles. The summed E-state index contributed by atoms with van der Waals surface area (Å²) < 4.78 is 30.0. The summed E-state index contributed by atoms with van der Waals surface area (Å²) in [4.78, 5) is 26.8. The Bertz CT molecular complexity index is 1240. The SMILES string of the molecule is COc1ccc(/C=C2\SC(=O)N(CCOc3ccc(C)cc3)C2=O)cc1OCc1ccc(F)cc1. The molecular formula is C27H24FNO5S. The van der Waals surface area contributed by atoms with Crippen LogP contribution < -0.4 is 14.2 Å². The van der Waals surface area contributed by atoms with Crippen molar-refractivity contribution in [2.45, 2.75) is 13.5 Å². The zero-order chi connectivity index (χ0) is 24.8. The van der Waals surface area contributed by atoms with E-state index in [1.807, 2.05) is 31.2 Å². The predicted molar refractivity (Wildman–Crippen MR) is 133 cm³/mol. The first-order valence-electron chi connectivity index (χ1n) is 10.9. The van der Waals surface area contributed by atoms with E-state index in [2.05, 4.69) is 0 Å². The molecule has 0 radical (unpaired) electrons. The summed E-state index contributed by atoms with van der Waals surface area (Å²) >= 11 is 0.888. The van der Waals surface area contributed by atoms with Gasteiger partial charge in [-0.2, -0.15) is 0 Å². The van der Waals surface area contributed by atoms with Crippen LogP contribution in [-0.2, 0) is 11.4 Å². The van der Waals surface area contributed by atoms with Gasteiger partial charge < -0.3 is 14.2 Å². The van der Waals surface area contributed by atoms with E-state index < -0.39 is 0 Å². The maximum absolute atomic E-state index is 13.1. The number of imide groups is 1. The molecule has 1 saturated heterocycles. The third-order valence-corrected chi connectivity index (χ3v) is 6.18. The van der Waals surface area contributed by atoms with Crippen LogP contribution in [-0.4, -0.2) is 36.3 Å². The van der Waals surface area contributed by atoms with Crippen LogP contribution in [0.4, 0.5) is 9.18 Å². The quantitative estimate of drug-likeness (QED) is 0.349. The van der Waals surface area contributed by atoms with Gasteiger partial charge in [-0.1, -0.05) is 35.9 Å². The van der Waals surface area contributed by atoms with E-state index in [1.165, 1.54) is 24.1 Å². The van der Waals surface area contributed by atoms with Gasteiger partial charge in [0.25, 0.3) is 11.1 Å². The van der Waals surface area contributed by atoms with E-state index >= 15 is 0 Å². The summed E-state index contributed by atoms with van der Waals surface area (Å²) in [6, 6.07) is 18.8. The first kappa shape index (κ1) is 24.3. The number of ether oxygens (including phenoxy) is 3. The fourth-order valence-corrected chi connectivity index (χ4v) is 4.24. The fourth-order valence-electron chi connectivity index (χ4n) is 3.37. The number of methoxy groups -OCH3 is 1. The van der Waals surface area contributed by atoms with Crippen molar-refractivity contribution in [1.29, 1.82) is 0 Å². The van der Waals surface area contributed by atoms with Crippen molar-refractivity contribution in [2.24, 2.45) is 0 Å². The van der Waals surface area contributed by atoms with Crippen molar-refractivity contribution in [3.8, 4) is 17.2 Å². The molecule has 3 aromatic carbocycles. The van der Waals surface area contributed by atoms with E-state index in [-0.39, 0.29) is 36.7 Å². The molecule has 0 unspecified atom stereocenters. The molecule has 2 amide bonds. The van der Waals surface area contributed by atoms with Gasteiger partial charge in [0.05, 0.1) is 18.6 Å². The molecular weight excluding hydrogens is 469 g/mol. The van der Waals surface area contributed by atoms with E-state index in [1.54, 1.807) is 36.4 Å². The monoisotopic (exact) mass is 493 g/mol. The Balaban J connectivity index is 1.41. The van der Waals surface area contributed by atoms with E-state index in [0.717, 1.165) is 22.9 Å². The molecule has 1 aliphatic heterocycles. The largest absolute Gasteiger partial charge is 0.493 e. The highest BCUT2D eigenvalue weighted by Gasteiger charge is 2.34. The third-order valence-electron chi connectivity index (χ3n) is 5.27. The van der Waals surface area contributed by atoms with Crippen molar-refractivity contribution in [3.05, 3.63) is 94.1 Å². The summed E-state index contributed by atoms with van der Waals surface area (Å²) in [6.45, 7) is 2.57. The average molecular weight is 494 g/mol. The minimum absolute atomic E-state index is 0.157. The normalized spacial score (nSPS) is 14.5. The average Bonchev–Trinajstić information content (AvgIpc) is 3.12. The number of hydrogen-bond donors (Lipinski definition) is 0. The summed E-state index contributed by atoms with van der Waals surface area (Å²) in [5.74, 6) is 0.993. The van der Waals surface area contributed by atoms with Crippen LogP contribution in [0.5, 0.6) is 17.2 Å². The van der Waals surface area contributed by atoms with Crippen molar-refractivity contribution in [3.63, 3.8) is 0 Å². The van der Waals surface area contributed by atoms with E-state index in [0.29, 0.717) is 27.7 Å². The molecule has 180 valence electrons. The van der Waals surface area contributed by atoms with Gasteiger partial charge in [-0.15, -0.1) is 0 Å². The van der Waals surface area contributed by atoms with Gasteiger partial charge in [0.15, 0.2) is 11.5 Å². The lowest BCUT2D eigenvalue weighted by atomic mass is 10.1.